The van der Waals surface area contributed by atoms with Gasteiger partial charge >= 0.3 is 0 Å². The van der Waals surface area contributed by atoms with Crippen LogP contribution in [0.3, 0.4) is 0 Å². The second-order valence-corrected chi connectivity index (χ2v) is 7.26. The van der Waals surface area contributed by atoms with Crippen molar-refractivity contribution >= 4 is 22.6 Å². The van der Waals surface area contributed by atoms with Crippen molar-refractivity contribution in [3.8, 4) is 11.1 Å². The smallest absolute Gasteiger partial charge is 0.251 e. The van der Waals surface area contributed by atoms with Gasteiger partial charge in [0.05, 0.1) is 0 Å². The number of nitrogens with one attached hydrogen (secondary N) is 1. The van der Waals surface area contributed by atoms with Crippen molar-refractivity contribution in [3.63, 3.8) is 0 Å². The SMILES string of the molecule is NC(=O)[C@@H](Cc1ccc(-c2ccccc2)cc1)NC(=O)c1ccc2ccccc2c1. The number of carbonyl (C=O) groups is 2. The Bertz CT molecular complexity index is 1180. The van der Waals surface area contributed by atoms with Crippen molar-refractivity contribution in [2.45, 2.75) is 12.5 Å². The number of hydrogen-bond donors (Lipinski definition) is 2. The summed E-state index contributed by atoms with van der Waals surface area (Å²) in [6, 6.07) is 30.5. The number of hydrogen-bond acceptors (Lipinski definition) is 2. The van der Waals surface area contributed by atoms with Gasteiger partial charge in [-0.2, -0.15) is 0 Å². The zero-order valence-electron chi connectivity index (χ0n) is 16.4. The maximum absolute atomic E-state index is 12.7. The number of nitrogens with two attached hydrogens (primary N) is 1. The molecule has 4 heteroatoms. The molecule has 30 heavy (non-hydrogen) atoms. The van der Waals surface area contributed by atoms with Crippen LogP contribution in [0.5, 0.6) is 0 Å². The van der Waals surface area contributed by atoms with Crippen molar-refractivity contribution in [1.82, 2.24) is 5.32 Å². The van der Waals surface area contributed by atoms with Gasteiger partial charge in [-0.15, -0.1) is 0 Å². The van der Waals surface area contributed by atoms with Gasteiger partial charge < -0.3 is 11.1 Å². The van der Waals surface area contributed by atoms with E-state index < -0.39 is 11.9 Å². The van der Waals surface area contributed by atoms with E-state index in [0.29, 0.717) is 12.0 Å². The molecule has 0 aromatic heterocycles. The fraction of sp³-hybridized carbons (Fsp3) is 0.0769. The van der Waals surface area contributed by atoms with Crippen molar-refractivity contribution in [1.29, 1.82) is 0 Å². The Kier molecular flexibility index (Phi) is 5.57. The van der Waals surface area contributed by atoms with Crippen LogP contribution in [-0.2, 0) is 11.2 Å². The number of fused-ring (bicyclic) bond motifs is 1. The average molecular weight is 394 g/mol. The summed E-state index contributed by atoms with van der Waals surface area (Å²) >= 11 is 0. The van der Waals surface area contributed by atoms with E-state index in [0.717, 1.165) is 27.5 Å². The summed E-state index contributed by atoms with van der Waals surface area (Å²) in [4.78, 5) is 24.7. The Morgan fingerprint density at radius 3 is 2.07 bits per heavy atom. The third-order valence-electron chi connectivity index (χ3n) is 5.16. The summed E-state index contributed by atoms with van der Waals surface area (Å²) in [5.41, 5.74) is 9.21. The minimum atomic E-state index is -0.786. The molecule has 0 saturated carbocycles. The molecule has 0 heterocycles. The Hall–Kier alpha value is -3.92. The molecular weight excluding hydrogens is 372 g/mol. The fourth-order valence-corrected chi connectivity index (χ4v) is 3.49. The van der Waals surface area contributed by atoms with Gasteiger partial charge in [0, 0.05) is 12.0 Å². The molecular formula is C26H22N2O2. The van der Waals surface area contributed by atoms with E-state index in [-0.39, 0.29) is 5.91 Å². The van der Waals surface area contributed by atoms with E-state index in [4.69, 9.17) is 5.73 Å². The molecule has 4 nitrogen and oxygen atoms in total. The average Bonchev–Trinajstić information content (AvgIpc) is 2.79. The quantitative estimate of drug-likeness (QED) is 0.511. The second-order valence-electron chi connectivity index (χ2n) is 7.26. The fourth-order valence-electron chi connectivity index (χ4n) is 3.49. The molecule has 0 fully saturated rings. The van der Waals surface area contributed by atoms with Gasteiger partial charge in [-0.05, 0) is 39.6 Å². The van der Waals surface area contributed by atoms with Gasteiger partial charge in [0.25, 0.3) is 5.91 Å². The van der Waals surface area contributed by atoms with Gasteiger partial charge in [-0.3, -0.25) is 9.59 Å². The molecule has 2 amide bonds. The zero-order chi connectivity index (χ0) is 20.9. The number of amides is 2. The van der Waals surface area contributed by atoms with Gasteiger partial charge in [-0.1, -0.05) is 84.9 Å². The van der Waals surface area contributed by atoms with E-state index in [1.165, 1.54) is 0 Å². The normalized spacial score (nSPS) is 11.7. The number of carbonyl (C=O) groups excluding carboxylic acids is 2. The molecule has 0 aliphatic carbocycles. The van der Waals surface area contributed by atoms with Crippen LogP contribution < -0.4 is 11.1 Å². The monoisotopic (exact) mass is 394 g/mol. The first kappa shape index (κ1) is 19.4. The van der Waals surface area contributed by atoms with Gasteiger partial charge in [0.1, 0.15) is 6.04 Å². The molecule has 0 aliphatic rings. The highest BCUT2D eigenvalue weighted by Crippen LogP contribution is 2.20. The molecule has 0 unspecified atom stereocenters. The first-order valence-corrected chi connectivity index (χ1v) is 9.83. The maximum atomic E-state index is 12.7. The highest BCUT2D eigenvalue weighted by molar-refractivity contribution is 6.00. The molecule has 4 rings (SSSR count). The van der Waals surface area contributed by atoms with E-state index in [2.05, 4.69) is 5.32 Å². The highest BCUT2D eigenvalue weighted by Gasteiger charge is 2.19. The predicted molar refractivity (Wildman–Crippen MR) is 120 cm³/mol. The van der Waals surface area contributed by atoms with Crippen LogP contribution in [0.25, 0.3) is 21.9 Å². The molecule has 3 N–H and O–H groups in total. The Balaban J connectivity index is 1.48. The van der Waals surface area contributed by atoms with E-state index in [1.54, 1.807) is 6.07 Å². The summed E-state index contributed by atoms with van der Waals surface area (Å²) in [7, 11) is 0. The lowest BCUT2D eigenvalue weighted by atomic mass is 10.00. The molecule has 1 atom stereocenters. The molecule has 148 valence electrons. The van der Waals surface area contributed by atoms with Gasteiger partial charge in [0.15, 0.2) is 0 Å². The molecule has 4 aromatic carbocycles. The standard InChI is InChI=1S/C26H22N2O2/c27-25(29)24(16-18-10-12-21(13-11-18)19-6-2-1-3-7-19)28-26(30)23-15-14-20-8-4-5-9-22(20)17-23/h1-15,17,24H,16H2,(H2,27,29)(H,28,30)/t24-/m1/s1. The molecule has 0 bridgehead atoms. The third-order valence-corrected chi connectivity index (χ3v) is 5.16. The summed E-state index contributed by atoms with van der Waals surface area (Å²) < 4.78 is 0. The first-order valence-electron chi connectivity index (χ1n) is 9.83. The van der Waals surface area contributed by atoms with E-state index in [1.807, 2.05) is 91.0 Å². The lowest BCUT2D eigenvalue weighted by Crippen LogP contribution is -2.45. The molecule has 0 radical (unpaired) electrons. The van der Waals surface area contributed by atoms with Gasteiger partial charge in [0.2, 0.25) is 5.91 Å². The Morgan fingerprint density at radius 2 is 1.37 bits per heavy atom. The topological polar surface area (TPSA) is 72.2 Å². The third kappa shape index (κ3) is 4.39. The highest BCUT2D eigenvalue weighted by atomic mass is 16.2. The molecule has 0 aliphatic heterocycles. The Labute approximate surface area is 175 Å². The summed E-state index contributed by atoms with van der Waals surface area (Å²) in [5.74, 6) is -0.873. The van der Waals surface area contributed by atoms with Crippen molar-refractivity contribution < 1.29 is 9.59 Å². The minimum absolute atomic E-state index is 0.314. The van der Waals surface area contributed by atoms with E-state index >= 15 is 0 Å². The largest absolute Gasteiger partial charge is 0.368 e. The van der Waals surface area contributed by atoms with Crippen LogP contribution in [0.2, 0.25) is 0 Å². The lowest BCUT2D eigenvalue weighted by Gasteiger charge is -2.16. The summed E-state index contributed by atoms with van der Waals surface area (Å²) in [5, 5.41) is 4.80. The van der Waals surface area contributed by atoms with Crippen LogP contribution in [0, 0.1) is 0 Å². The van der Waals surface area contributed by atoms with Crippen LogP contribution in [0.4, 0.5) is 0 Å². The zero-order valence-corrected chi connectivity index (χ0v) is 16.4. The Morgan fingerprint density at radius 1 is 0.733 bits per heavy atom. The maximum Gasteiger partial charge on any atom is 0.251 e. The lowest BCUT2D eigenvalue weighted by molar-refractivity contribution is -0.119. The van der Waals surface area contributed by atoms with Crippen LogP contribution in [-0.4, -0.2) is 17.9 Å². The van der Waals surface area contributed by atoms with Crippen LogP contribution in [0.15, 0.2) is 97.1 Å². The molecule has 0 saturated heterocycles. The van der Waals surface area contributed by atoms with Crippen LogP contribution in [0.1, 0.15) is 15.9 Å². The number of benzene rings is 4. The van der Waals surface area contributed by atoms with Crippen LogP contribution >= 0.6 is 0 Å². The molecule has 4 aromatic rings. The second kappa shape index (κ2) is 8.62. The van der Waals surface area contributed by atoms with Gasteiger partial charge in [-0.25, -0.2) is 0 Å². The number of rotatable bonds is 6. The number of primary amides is 1. The van der Waals surface area contributed by atoms with Crippen molar-refractivity contribution in [3.05, 3.63) is 108 Å². The van der Waals surface area contributed by atoms with E-state index in [9.17, 15) is 9.59 Å². The summed E-state index contributed by atoms with van der Waals surface area (Å²) in [6.07, 6.45) is 0.337. The van der Waals surface area contributed by atoms with Crippen molar-refractivity contribution in [2.75, 3.05) is 0 Å². The minimum Gasteiger partial charge on any atom is -0.368 e. The predicted octanol–water partition coefficient (Wildman–Crippen LogP) is 4.33. The molecule has 0 spiro atoms. The van der Waals surface area contributed by atoms with Crippen molar-refractivity contribution in [2.24, 2.45) is 5.73 Å². The summed E-state index contributed by atoms with van der Waals surface area (Å²) in [6.45, 7) is 0. The first-order chi connectivity index (χ1) is 14.6.